The van der Waals surface area contributed by atoms with Crippen LogP contribution in [0.3, 0.4) is 0 Å². The van der Waals surface area contributed by atoms with Crippen LogP contribution in [0.2, 0.25) is 0 Å². The van der Waals surface area contributed by atoms with Gasteiger partial charge in [0.25, 0.3) is 0 Å². The molecule has 0 spiro atoms. The molecule has 0 unspecified atom stereocenters. The van der Waals surface area contributed by atoms with Gasteiger partial charge in [-0.3, -0.25) is 0 Å². The van der Waals surface area contributed by atoms with Crippen molar-refractivity contribution in [1.82, 2.24) is 0 Å². The molecule has 1 nitrogen and oxygen atoms in total. The van der Waals surface area contributed by atoms with Crippen LogP contribution in [0, 0.1) is 18.2 Å². The Labute approximate surface area is 121 Å². The van der Waals surface area contributed by atoms with Crippen LogP contribution in [0.1, 0.15) is 44.1 Å². The Morgan fingerprint density at radius 3 is 2.53 bits per heavy atom. The van der Waals surface area contributed by atoms with Gasteiger partial charge in [-0.15, -0.1) is 0 Å². The lowest BCUT2D eigenvalue weighted by atomic mass is 9.83. The molecule has 0 heterocycles. The van der Waals surface area contributed by atoms with Gasteiger partial charge in [-0.1, -0.05) is 31.7 Å². The summed E-state index contributed by atoms with van der Waals surface area (Å²) in [6, 6.07) is 5.02. The first-order valence-corrected chi connectivity index (χ1v) is 7.78. The Morgan fingerprint density at radius 2 is 1.89 bits per heavy atom. The third-order valence-electron chi connectivity index (χ3n) is 4.12. The van der Waals surface area contributed by atoms with Crippen molar-refractivity contribution in [2.75, 3.05) is 12.4 Å². The second-order valence-electron chi connectivity index (χ2n) is 5.79. The molecule has 1 fully saturated rings. The highest BCUT2D eigenvalue weighted by Crippen LogP contribution is 2.37. The van der Waals surface area contributed by atoms with E-state index >= 15 is 0 Å². The minimum absolute atomic E-state index is 0.121. The van der Waals surface area contributed by atoms with E-state index < -0.39 is 0 Å². The van der Waals surface area contributed by atoms with E-state index in [0.717, 1.165) is 24.2 Å². The highest BCUT2D eigenvalue weighted by molar-refractivity contribution is 7.80. The first-order valence-electron chi connectivity index (χ1n) is 7.15. The minimum atomic E-state index is -0.270. The normalized spacial score (nSPS) is 18.9. The fourth-order valence-electron chi connectivity index (χ4n) is 2.78. The van der Waals surface area contributed by atoms with Crippen LogP contribution in [0.4, 0.5) is 4.39 Å². The van der Waals surface area contributed by atoms with E-state index in [1.807, 2.05) is 6.92 Å². The Kier molecular flexibility index (Phi) is 5.14. The van der Waals surface area contributed by atoms with Gasteiger partial charge in [0.2, 0.25) is 0 Å². The van der Waals surface area contributed by atoms with Crippen molar-refractivity contribution in [3.05, 3.63) is 29.6 Å². The van der Waals surface area contributed by atoms with Gasteiger partial charge < -0.3 is 4.74 Å². The van der Waals surface area contributed by atoms with Crippen LogP contribution in [-0.4, -0.2) is 12.4 Å². The van der Waals surface area contributed by atoms with Crippen LogP contribution in [-0.2, 0) is 0 Å². The molecule has 1 aromatic carbocycles. The van der Waals surface area contributed by atoms with Crippen molar-refractivity contribution in [2.45, 2.75) is 45.4 Å². The average Bonchev–Trinajstić information content (AvgIpc) is 2.66. The van der Waals surface area contributed by atoms with Crippen molar-refractivity contribution in [3.63, 3.8) is 0 Å². The number of halogens is 1. The summed E-state index contributed by atoms with van der Waals surface area (Å²) >= 11 is 4.52. The lowest BCUT2D eigenvalue weighted by Crippen LogP contribution is -2.30. The monoisotopic (exact) mass is 282 g/mol. The molecule has 3 heteroatoms. The van der Waals surface area contributed by atoms with Gasteiger partial charge in [0.05, 0.1) is 6.61 Å². The van der Waals surface area contributed by atoms with Crippen molar-refractivity contribution in [2.24, 2.45) is 5.41 Å². The number of thiol groups is 1. The van der Waals surface area contributed by atoms with Gasteiger partial charge in [0.1, 0.15) is 0 Å². The Balaban J connectivity index is 2.04. The molecule has 2 rings (SSSR count). The number of hydrogen-bond donors (Lipinski definition) is 1. The van der Waals surface area contributed by atoms with Gasteiger partial charge >= 0.3 is 0 Å². The van der Waals surface area contributed by atoms with Gasteiger partial charge in [-0.25, -0.2) is 4.39 Å². The maximum absolute atomic E-state index is 13.7. The maximum Gasteiger partial charge on any atom is 0.165 e. The standard InChI is InChI=1S/C16H23FOS/c1-13-6-7-14(17)15(10-13)18-11-16(12-19)8-4-2-3-5-9-16/h6-7,10,19H,2-5,8-9,11-12H2,1H3. The quantitative estimate of drug-likeness (QED) is 0.617. The average molecular weight is 282 g/mol. The lowest BCUT2D eigenvalue weighted by Gasteiger charge is -2.31. The zero-order valence-electron chi connectivity index (χ0n) is 11.6. The zero-order chi connectivity index (χ0) is 13.7. The summed E-state index contributed by atoms with van der Waals surface area (Å²) in [6.07, 6.45) is 7.36. The molecule has 0 saturated heterocycles. The van der Waals surface area contributed by atoms with Crippen LogP contribution in [0.25, 0.3) is 0 Å². The molecule has 0 bridgehead atoms. The molecular formula is C16H23FOS. The summed E-state index contributed by atoms with van der Waals surface area (Å²) in [5, 5.41) is 0. The lowest BCUT2D eigenvalue weighted by molar-refractivity contribution is 0.144. The summed E-state index contributed by atoms with van der Waals surface area (Å²) in [6.45, 7) is 2.53. The van der Waals surface area contributed by atoms with E-state index in [4.69, 9.17) is 4.74 Å². The summed E-state index contributed by atoms with van der Waals surface area (Å²) in [5.41, 5.74) is 1.15. The molecular weight excluding hydrogens is 259 g/mol. The van der Waals surface area contributed by atoms with E-state index in [1.165, 1.54) is 31.7 Å². The molecule has 1 saturated carbocycles. The molecule has 0 atom stereocenters. The Morgan fingerprint density at radius 1 is 1.21 bits per heavy atom. The van der Waals surface area contributed by atoms with Crippen molar-refractivity contribution in [1.29, 1.82) is 0 Å². The second kappa shape index (κ2) is 6.65. The summed E-state index contributed by atoms with van der Waals surface area (Å²) in [4.78, 5) is 0. The number of ether oxygens (including phenoxy) is 1. The van der Waals surface area contributed by atoms with Crippen molar-refractivity contribution < 1.29 is 9.13 Å². The highest BCUT2D eigenvalue weighted by atomic mass is 32.1. The van der Waals surface area contributed by atoms with Crippen molar-refractivity contribution in [3.8, 4) is 5.75 Å². The fraction of sp³-hybridized carbons (Fsp3) is 0.625. The predicted molar refractivity (Wildman–Crippen MR) is 80.6 cm³/mol. The van der Waals surface area contributed by atoms with E-state index in [9.17, 15) is 4.39 Å². The fourth-order valence-corrected chi connectivity index (χ4v) is 3.19. The number of hydrogen-bond acceptors (Lipinski definition) is 2. The molecule has 0 aromatic heterocycles. The molecule has 0 aliphatic heterocycles. The number of rotatable bonds is 4. The summed E-state index contributed by atoms with van der Waals surface area (Å²) in [5.74, 6) is 0.930. The second-order valence-corrected chi connectivity index (χ2v) is 6.11. The van der Waals surface area contributed by atoms with Crippen LogP contribution >= 0.6 is 12.6 Å². The zero-order valence-corrected chi connectivity index (χ0v) is 12.5. The number of benzene rings is 1. The van der Waals surface area contributed by atoms with Crippen molar-refractivity contribution >= 4 is 12.6 Å². The topological polar surface area (TPSA) is 9.23 Å². The molecule has 1 aliphatic carbocycles. The highest BCUT2D eigenvalue weighted by Gasteiger charge is 2.30. The van der Waals surface area contributed by atoms with E-state index in [-0.39, 0.29) is 11.2 Å². The first kappa shape index (κ1) is 14.7. The summed E-state index contributed by atoms with van der Waals surface area (Å²) in [7, 11) is 0. The van der Waals surface area contributed by atoms with Gasteiger partial charge in [-0.05, 0) is 43.2 Å². The molecule has 1 aliphatic rings. The minimum Gasteiger partial charge on any atom is -0.490 e. The van der Waals surface area contributed by atoms with Gasteiger partial charge in [0, 0.05) is 5.41 Å². The molecule has 1 aromatic rings. The largest absolute Gasteiger partial charge is 0.490 e. The Hall–Kier alpha value is -0.700. The molecule has 19 heavy (non-hydrogen) atoms. The number of aryl methyl sites for hydroxylation is 1. The molecule has 106 valence electrons. The Bertz CT molecular complexity index is 411. The van der Waals surface area contributed by atoms with E-state index in [0.29, 0.717) is 12.4 Å². The molecule has 0 radical (unpaired) electrons. The third-order valence-corrected chi connectivity index (χ3v) is 4.79. The van der Waals surface area contributed by atoms with Gasteiger partial charge in [-0.2, -0.15) is 12.6 Å². The predicted octanol–water partition coefficient (Wildman–Crippen LogP) is 4.78. The van der Waals surface area contributed by atoms with Gasteiger partial charge in [0.15, 0.2) is 11.6 Å². The van der Waals surface area contributed by atoms with Crippen LogP contribution in [0.5, 0.6) is 5.75 Å². The smallest absolute Gasteiger partial charge is 0.165 e. The van der Waals surface area contributed by atoms with Crippen LogP contribution in [0.15, 0.2) is 18.2 Å². The SMILES string of the molecule is Cc1ccc(F)c(OCC2(CS)CCCCCC2)c1. The molecule has 0 amide bonds. The third kappa shape index (κ3) is 3.88. The van der Waals surface area contributed by atoms with E-state index in [1.54, 1.807) is 12.1 Å². The van der Waals surface area contributed by atoms with Crippen LogP contribution < -0.4 is 4.74 Å². The maximum atomic E-state index is 13.7. The van der Waals surface area contributed by atoms with E-state index in [2.05, 4.69) is 12.6 Å². The molecule has 0 N–H and O–H groups in total. The first-order chi connectivity index (χ1) is 9.15. The summed E-state index contributed by atoms with van der Waals surface area (Å²) < 4.78 is 19.5.